The van der Waals surface area contributed by atoms with Gasteiger partial charge in [0.15, 0.2) is 0 Å². The van der Waals surface area contributed by atoms with Gasteiger partial charge in [-0.05, 0) is 113 Å². The monoisotopic (exact) mass is 845 g/mol. The number of rotatable bonds is 17. The van der Waals surface area contributed by atoms with Gasteiger partial charge in [-0.15, -0.1) is 0 Å². The van der Waals surface area contributed by atoms with Gasteiger partial charge in [0.1, 0.15) is 5.69 Å². The molecule has 4 amide bonds. The van der Waals surface area contributed by atoms with Crippen molar-refractivity contribution in [1.29, 1.82) is 0 Å². The molecule has 4 N–H and O–H groups in total. The minimum Gasteiger partial charge on any atom is -0.383 e. The number of carbonyl (C=O) groups excluding carboxylic acids is 3. The number of ether oxygens (including phenoxy) is 1. The van der Waals surface area contributed by atoms with Crippen LogP contribution in [-0.4, -0.2) is 108 Å². The van der Waals surface area contributed by atoms with Gasteiger partial charge in [0, 0.05) is 68.4 Å². The van der Waals surface area contributed by atoms with Crippen molar-refractivity contribution in [3.05, 3.63) is 92.5 Å². The molecule has 314 valence electrons. The van der Waals surface area contributed by atoms with Crippen molar-refractivity contribution < 1.29 is 19.1 Å². The molecule has 0 spiro atoms. The third-order valence-electron chi connectivity index (χ3n) is 10.7. The molecule has 4 aromatic rings. The third-order valence-corrected chi connectivity index (χ3v) is 11.3. The molecule has 0 radical (unpaired) electrons. The highest BCUT2D eigenvalue weighted by Crippen LogP contribution is 2.30. The van der Waals surface area contributed by atoms with Gasteiger partial charge in [0.2, 0.25) is 0 Å². The molecule has 59 heavy (non-hydrogen) atoms. The summed E-state index contributed by atoms with van der Waals surface area (Å²) in [6, 6.07) is 13.9. The molecular formula is C43H53Cl2N9O5. The summed E-state index contributed by atoms with van der Waals surface area (Å²) < 4.78 is 6.65. The van der Waals surface area contributed by atoms with Crippen molar-refractivity contribution in [2.45, 2.75) is 64.5 Å². The normalized spacial score (nSPS) is 15.8. The minimum atomic E-state index is -0.732. The molecule has 14 nitrogen and oxygen atoms in total. The Hall–Kier alpha value is -4.86. The van der Waals surface area contributed by atoms with Crippen molar-refractivity contribution in [1.82, 2.24) is 35.2 Å². The van der Waals surface area contributed by atoms with Crippen LogP contribution in [-0.2, 0) is 11.3 Å². The van der Waals surface area contributed by atoms with Crippen molar-refractivity contribution in [2.24, 2.45) is 0 Å². The number of aromatic nitrogens is 3. The summed E-state index contributed by atoms with van der Waals surface area (Å²) in [4.78, 5) is 62.3. The number of halogens is 2. The number of unbranched alkanes of at least 4 members (excludes halogenated alkanes) is 1. The Kier molecular flexibility index (Phi) is 15.9. The van der Waals surface area contributed by atoms with E-state index in [1.54, 1.807) is 32.2 Å². The molecule has 2 aromatic heterocycles. The molecule has 2 saturated heterocycles. The number of nitrogens with one attached hydrogen (secondary N) is 4. The Morgan fingerprint density at radius 2 is 1.53 bits per heavy atom. The highest BCUT2D eigenvalue weighted by Gasteiger charge is 2.24. The van der Waals surface area contributed by atoms with Crippen LogP contribution in [0.1, 0.15) is 72.6 Å². The van der Waals surface area contributed by atoms with Crippen LogP contribution in [0.15, 0.2) is 65.7 Å². The molecule has 16 heteroatoms. The quantitative estimate of drug-likeness (QED) is 0.0840. The maximum atomic E-state index is 13.7. The van der Waals surface area contributed by atoms with E-state index >= 15 is 0 Å². The molecule has 0 unspecified atom stereocenters. The summed E-state index contributed by atoms with van der Waals surface area (Å²) in [5, 5.41) is 16.2. The second kappa shape index (κ2) is 21.4. The maximum absolute atomic E-state index is 13.7. The number of nitrogens with zero attached hydrogens (tertiary/aromatic N) is 5. The van der Waals surface area contributed by atoms with Crippen LogP contribution in [0.3, 0.4) is 0 Å². The van der Waals surface area contributed by atoms with Crippen molar-refractivity contribution in [2.75, 3.05) is 70.2 Å². The Balaban J connectivity index is 1.21. The van der Waals surface area contributed by atoms with Gasteiger partial charge >= 0.3 is 6.03 Å². The molecule has 4 heterocycles. The van der Waals surface area contributed by atoms with Crippen LogP contribution in [0, 0.1) is 0 Å². The SMILES string of the molecule is CCn1nc(-c2cccc(-c3cc(C(=O)NCCCCN4CCC[C@H]4COC)cc(C(=O)NCCN4CCCCC4)c3)c2)cc(NC(=O)Nc2c(Cl)cncc2Cl)c1=O. The smallest absolute Gasteiger partial charge is 0.323 e. The fraction of sp³-hybridized carbons (Fsp3) is 0.442. The molecule has 2 aromatic carbocycles. The topological polar surface area (TPSA) is 163 Å². The lowest BCUT2D eigenvalue weighted by Crippen LogP contribution is -2.37. The van der Waals surface area contributed by atoms with Crippen LogP contribution in [0.4, 0.5) is 16.2 Å². The molecule has 2 aliphatic heterocycles. The van der Waals surface area contributed by atoms with Crippen molar-refractivity contribution in [3.63, 3.8) is 0 Å². The number of hydrogen-bond donors (Lipinski definition) is 4. The highest BCUT2D eigenvalue weighted by molar-refractivity contribution is 6.39. The first-order valence-electron chi connectivity index (χ1n) is 20.4. The summed E-state index contributed by atoms with van der Waals surface area (Å²) in [6.45, 7) is 8.62. The number of methoxy groups -OCH3 is 1. The lowest BCUT2D eigenvalue weighted by atomic mass is 9.97. The number of piperidine rings is 1. The van der Waals surface area contributed by atoms with Gasteiger partial charge in [-0.2, -0.15) is 5.10 Å². The highest BCUT2D eigenvalue weighted by atomic mass is 35.5. The van der Waals surface area contributed by atoms with Gasteiger partial charge in [-0.25, -0.2) is 9.48 Å². The molecule has 2 fully saturated rings. The molecule has 2 aliphatic rings. The number of aryl methyl sites for hydroxylation is 1. The second-order valence-corrected chi connectivity index (χ2v) is 15.7. The third kappa shape index (κ3) is 11.9. The van der Waals surface area contributed by atoms with Crippen molar-refractivity contribution in [3.8, 4) is 22.4 Å². The zero-order valence-corrected chi connectivity index (χ0v) is 35.2. The fourth-order valence-electron chi connectivity index (χ4n) is 7.63. The predicted molar refractivity (Wildman–Crippen MR) is 233 cm³/mol. The average Bonchev–Trinajstić information content (AvgIpc) is 3.69. The molecular weight excluding hydrogens is 793 g/mol. The van der Waals surface area contributed by atoms with Gasteiger partial charge in [0.05, 0.1) is 28.0 Å². The number of urea groups is 1. The molecule has 1 atom stereocenters. The number of carbonyl (C=O) groups is 3. The number of likely N-dealkylation sites (tertiary alicyclic amines) is 2. The van der Waals surface area contributed by atoms with E-state index in [1.165, 1.54) is 48.8 Å². The maximum Gasteiger partial charge on any atom is 0.323 e. The van der Waals surface area contributed by atoms with E-state index in [4.69, 9.17) is 27.9 Å². The lowest BCUT2D eigenvalue weighted by Gasteiger charge is -2.26. The zero-order valence-electron chi connectivity index (χ0n) is 33.7. The van der Waals surface area contributed by atoms with Gasteiger partial charge in [-0.3, -0.25) is 24.3 Å². The molecule has 0 aliphatic carbocycles. The standard InChI is InChI=1S/C43H53Cl2N9O5/c1-3-54-42(57)38(49-43(58)50-39-35(44)26-46-27-36(39)45)25-37(51-54)30-12-9-11-29(21-30)31-22-32(24-33(23-31)41(56)48-15-20-52-16-6-4-7-17-52)40(55)47-14-5-8-18-53-19-10-13-34(53)28-59-2/h9,11-12,21-27,34H,3-8,10,13-20,28H2,1-2H3,(H,47,55)(H,48,56)(H2,46,49,50,58)/t34-/m0/s1. The van der Waals surface area contributed by atoms with Crippen LogP contribution >= 0.6 is 23.2 Å². The van der Waals surface area contributed by atoms with Crippen LogP contribution < -0.4 is 26.8 Å². The van der Waals surface area contributed by atoms with Gasteiger partial charge in [0.25, 0.3) is 17.4 Å². The summed E-state index contributed by atoms with van der Waals surface area (Å²) >= 11 is 12.4. The summed E-state index contributed by atoms with van der Waals surface area (Å²) in [6.07, 6.45) is 10.4. The zero-order chi connectivity index (χ0) is 41.7. The first-order chi connectivity index (χ1) is 28.6. The Morgan fingerprint density at radius 1 is 0.814 bits per heavy atom. The summed E-state index contributed by atoms with van der Waals surface area (Å²) in [7, 11) is 1.74. The summed E-state index contributed by atoms with van der Waals surface area (Å²) in [5.74, 6) is -0.519. The Labute approximate surface area is 355 Å². The van der Waals surface area contributed by atoms with E-state index in [0.29, 0.717) is 47.1 Å². The molecule has 6 rings (SSSR count). The van der Waals surface area contributed by atoms with Crippen molar-refractivity contribution >= 4 is 52.4 Å². The Morgan fingerprint density at radius 3 is 2.24 bits per heavy atom. The van der Waals surface area contributed by atoms with E-state index in [0.717, 1.165) is 64.2 Å². The largest absolute Gasteiger partial charge is 0.383 e. The van der Waals surface area contributed by atoms with Crippen LogP contribution in [0.25, 0.3) is 22.4 Å². The van der Waals surface area contributed by atoms with Gasteiger partial charge in [-0.1, -0.05) is 47.8 Å². The predicted octanol–water partition coefficient (Wildman–Crippen LogP) is 6.78. The first-order valence-corrected chi connectivity index (χ1v) is 21.2. The van der Waals surface area contributed by atoms with E-state index in [1.807, 2.05) is 24.3 Å². The number of anilines is 2. The number of amides is 4. The Bertz CT molecular complexity index is 2140. The van der Waals surface area contributed by atoms with E-state index < -0.39 is 11.6 Å². The number of benzene rings is 2. The second-order valence-electron chi connectivity index (χ2n) is 14.9. The van der Waals surface area contributed by atoms with Gasteiger partial charge < -0.3 is 30.9 Å². The molecule has 0 saturated carbocycles. The lowest BCUT2D eigenvalue weighted by molar-refractivity contribution is 0.0946. The van der Waals surface area contributed by atoms with Crippen LogP contribution in [0.5, 0.6) is 0 Å². The summed E-state index contributed by atoms with van der Waals surface area (Å²) in [5.41, 5.74) is 2.81. The van der Waals surface area contributed by atoms with Crippen LogP contribution in [0.2, 0.25) is 10.0 Å². The van der Waals surface area contributed by atoms with E-state index in [-0.39, 0.29) is 39.8 Å². The average molecular weight is 847 g/mol. The minimum absolute atomic E-state index is 0.0153. The van der Waals surface area contributed by atoms with E-state index in [2.05, 4.69) is 41.1 Å². The first kappa shape index (κ1) is 43.7. The number of hydrogen-bond acceptors (Lipinski definition) is 9. The number of pyridine rings is 1. The fourth-order valence-corrected chi connectivity index (χ4v) is 8.09. The van der Waals surface area contributed by atoms with E-state index in [9.17, 15) is 19.2 Å². The molecule has 0 bridgehead atoms.